The molecule has 50 valence electrons. The van der Waals surface area contributed by atoms with Crippen LogP contribution < -0.4 is 5.73 Å². The first-order valence-electron chi connectivity index (χ1n) is 3.10. The van der Waals surface area contributed by atoms with Crippen molar-refractivity contribution in [1.29, 1.82) is 0 Å². The largest absolute Gasteiger partial charge is 0.330 e. The molecule has 0 rings (SSSR count). The quantitative estimate of drug-likeness (QED) is 0.444. The summed E-state index contributed by atoms with van der Waals surface area (Å²) in [5.41, 5.74) is 6.52. The van der Waals surface area contributed by atoms with Crippen LogP contribution in [0.4, 0.5) is 0 Å². The lowest BCUT2D eigenvalue weighted by Gasteiger charge is -1.91. The summed E-state index contributed by atoms with van der Waals surface area (Å²) in [4.78, 5) is 0. The fourth-order valence-corrected chi connectivity index (χ4v) is 0.563. The van der Waals surface area contributed by atoms with Crippen LogP contribution in [0.5, 0.6) is 0 Å². The molecule has 0 aromatic heterocycles. The van der Waals surface area contributed by atoms with E-state index in [9.17, 15) is 0 Å². The summed E-state index contributed by atoms with van der Waals surface area (Å²) in [6, 6.07) is 0. The Balaban J connectivity index is 3.46. The third-order valence-corrected chi connectivity index (χ3v) is 1.04. The topological polar surface area (TPSA) is 26.0 Å². The SMILES string of the molecule is C#CCC(C)=CCCN. The number of hydrogen-bond donors (Lipinski definition) is 1. The van der Waals surface area contributed by atoms with Crippen LogP contribution in [0.2, 0.25) is 0 Å². The van der Waals surface area contributed by atoms with Gasteiger partial charge in [0.15, 0.2) is 0 Å². The minimum Gasteiger partial charge on any atom is -0.330 e. The van der Waals surface area contributed by atoms with E-state index >= 15 is 0 Å². The maximum atomic E-state index is 5.28. The van der Waals surface area contributed by atoms with Crippen LogP contribution in [-0.2, 0) is 0 Å². The molecular formula is C8H13N. The van der Waals surface area contributed by atoms with Gasteiger partial charge in [0.05, 0.1) is 0 Å². The lowest BCUT2D eigenvalue weighted by Crippen LogP contribution is -1.95. The van der Waals surface area contributed by atoms with Crippen molar-refractivity contribution in [3.8, 4) is 12.3 Å². The summed E-state index contributed by atoms with van der Waals surface area (Å²) in [6.45, 7) is 2.73. The Bertz CT molecular complexity index is 128. The molecule has 2 N–H and O–H groups in total. The molecule has 0 saturated carbocycles. The van der Waals surface area contributed by atoms with E-state index in [0.29, 0.717) is 6.54 Å². The Labute approximate surface area is 56.9 Å². The normalized spacial score (nSPS) is 11.0. The molecule has 0 fully saturated rings. The van der Waals surface area contributed by atoms with Crippen LogP contribution in [0.15, 0.2) is 11.6 Å². The highest BCUT2D eigenvalue weighted by molar-refractivity contribution is 5.07. The molecule has 0 aromatic rings. The van der Waals surface area contributed by atoms with E-state index in [2.05, 4.69) is 12.0 Å². The Morgan fingerprint density at radius 1 is 1.78 bits per heavy atom. The maximum absolute atomic E-state index is 5.28. The average molecular weight is 123 g/mol. The third kappa shape index (κ3) is 5.13. The number of hydrogen-bond acceptors (Lipinski definition) is 1. The zero-order chi connectivity index (χ0) is 7.11. The van der Waals surface area contributed by atoms with Crippen molar-refractivity contribution < 1.29 is 0 Å². The molecular weight excluding hydrogens is 110 g/mol. The van der Waals surface area contributed by atoms with E-state index in [1.54, 1.807) is 0 Å². The van der Waals surface area contributed by atoms with Gasteiger partial charge in [-0.1, -0.05) is 11.6 Å². The molecule has 0 unspecified atom stereocenters. The molecule has 0 spiro atoms. The molecule has 0 saturated heterocycles. The van der Waals surface area contributed by atoms with Crippen LogP contribution in [-0.4, -0.2) is 6.54 Å². The Morgan fingerprint density at radius 3 is 2.89 bits per heavy atom. The van der Waals surface area contributed by atoms with Gasteiger partial charge in [0.25, 0.3) is 0 Å². The fraction of sp³-hybridized carbons (Fsp3) is 0.500. The van der Waals surface area contributed by atoms with Crippen molar-refractivity contribution in [3.63, 3.8) is 0 Å². The zero-order valence-corrected chi connectivity index (χ0v) is 5.85. The smallest absolute Gasteiger partial charge is 0.0293 e. The lowest BCUT2D eigenvalue weighted by atomic mass is 10.2. The van der Waals surface area contributed by atoms with Gasteiger partial charge in [0, 0.05) is 6.42 Å². The molecule has 1 nitrogen and oxygen atoms in total. The molecule has 0 bridgehead atoms. The highest BCUT2D eigenvalue weighted by atomic mass is 14.5. The fourth-order valence-electron chi connectivity index (χ4n) is 0.563. The molecule has 0 amide bonds. The van der Waals surface area contributed by atoms with Gasteiger partial charge in [-0.3, -0.25) is 0 Å². The second-order valence-corrected chi connectivity index (χ2v) is 2.01. The first kappa shape index (κ1) is 8.26. The van der Waals surface area contributed by atoms with E-state index in [1.165, 1.54) is 5.57 Å². The van der Waals surface area contributed by atoms with Gasteiger partial charge in [-0.2, -0.15) is 0 Å². The van der Waals surface area contributed by atoms with Crippen LogP contribution in [0.1, 0.15) is 19.8 Å². The van der Waals surface area contributed by atoms with Crippen LogP contribution in [0, 0.1) is 12.3 Å². The van der Waals surface area contributed by atoms with Gasteiger partial charge in [0.2, 0.25) is 0 Å². The van der Waals surface area contributed by atoms with Crippen molar-refractivity contribution >= 4 is 0 Å². The second kappa shape index (κ2) is 5.40. The second-order valence-electron chi connectivity index (χ2n) is 2.01. The van der Waals surface area contributed by atoms with E-state index in [4.69, 9.17) is 12.2 Å². The zero-order valence-electron chi connectivity index (χ0n) is 5.85. The first-order chi connectivity index (χ1) is 4.31. The van der Waals surface area contributed by atoms with Crippen molar-refractivity contribution in [1.82, 2.24) is 0 Å². The molecule has 0 aliphatic heterocycles. The minimum atomic E-state index is 0.710. The molecule has 0 aliphatic rings. The summed E-state index contributed by atoms with van der Waals surface area (Å²) in [5, 5.41) is 0. The van der Waals surface area contributed by atoms with Crippen LogP contribution in [0.3, 0.4) is 0 Å². The number of terminal acetylenes is 1. The summed E-state index contributed by atoms with van der Waals surface area (Å²) < 4.78 is 0. The highest BCUT2D eigenvalue weighted by Gasteiger charge is 1.82. The number of allylic oxidation sites excluding steroid dienone is 1. The first-order valence-corrected chi connectivity index (χ1v) is 3.10. The van der Waals surface area contributed by atoms with E-state index in [-0.39, 0.29) is 0 Å². The average Bonchev–Trinajstić information content (AvgIpc) is 1.85. The monoisotopic (exact) mass is 123 g/mol. The van der Waals surface area contributed by atoms with Gasteiger partial charge in [0.1, 0.15) is 0 Å². The van der Waals surface area contributed by atoms with Gasteiger partial charge in [-0.25, -0.2) is 0 Å². The van der Waals surface area contributed by atoms with Crippen molar-refractivity contribution in [2.75, 3.05) is 6.54 Å². The summed E-state index contributed by atoms with van der Waals surface area (Å²) in [6.07, 6.45) is 8.85. The Morgan fingerprint density at radius 2 is 2.44 bits per heavy atom. The van der Waals surface area contributed by atoms with Crippen molar-refractivity contribution in [2.24, 2.45) is 5.73 Å². The van der Waals surface area contributed by atoms with Crippen LogP contribution in [0.25, 0.3) is 0 Å². The molecule has 0 aromatic carbocycles. The standard InChI is InChI=1S/C8H13N/c1-3-5-8(2)6-4-7-9/h1,6H,4-5,7,9H2,2H3. The van der Waals surface area contributed by atoms with E-state index in [0.717, 1.165) is 12.8 Å². The molecule has 0 atom stereocenters. The molecule has 0 aliphatic carbocycles. The van der Waals surface area contributed by atoms with Gasteiger partial charge in [-0.15, -0.1) is 12.3 Å². The lowest BCUT2D eigenvalue weighted by molar-refractivity contribution is 0.989. The predicted molar refractivity (Wildman–Crippen MR) is 40.9 cm³/mol. The van der Waals surface area contributed by atoms with E-state index < -0.39 is 0 Å². The molecule has 9 heavy (non-hydrogen) atoms. The Kier molecular flexibility index (Phi) is 4.95. The van der Waals surface area contributed by atoms with E-state index in [1.807, 2.05) is 6.92 Å². The minimum absolute atomic E-state index is 0.710. The number of nitrogens with two attached hydrogens (primary N) is 1. The van der Waals surface area contributed by atoms with Gasteiger partial charge < -0.3 is 5.73 Å². The van der Waals surface area contributed by atoms with Crippen molar-refractivity contribution in [3.05, 3.63) is 11.6 Å². The number of rotatable bonds is 3. The Hall–Kier alpha value is -0.740. The highest BCUT2D eigenvalue weighted by Crippen LogP contribution is 1.97. The van der Waals surface area contributed by atoms with Crippen LogP contribution >= 0.6 is 0 Å². The van der Waals surface area contributed by atoms with Crippen molar-refractivity contribution in [2.45, 2.75) is 19.8 Å². The maximum Gasteiger partial charge on any atom is 0.0293 e. The van der Waals surface area contributed by atoms with Gasteiger partial charge in [-0.05, 0) is 19.9 Å². The predicted octanol–water partition coefficient (Wildman–Crippen LogP) is 1.30. The molecule has 1 heteroatoms. The molecule has 0 heterocycles. The summed E-state index contributed by atoms with van der Waals surface area (Å²) >= 11 is 0. The third-order valence-electron chi connectivity index (χ3n) is 1.04. The van der Waals surface area contributed by atoms with Gasteiger partial charge >= 0.3 is 0 Å². The summed E-state index contributed by atoms with van der Waals surface area (Å²) in [5.74, 6) is 2.57. The summed E-state index contributed by atoms with van der Waals surface area (Å²) in [7, 11) is 0. The molecule has 0 radical (unpaired) electrons.